The number of amides is 1. The number of hydrogen-bond donors (Lipinski definition) is 1. The summed E-state index contributed by atoms with van der Waals surface area (Å²) in [4.78, 5) is 26.5. The molecule has 2 atom stereocenters. The van der Waals surface area contributed by atoms with Crippen LogP contribution in [0.5, 0.6) is 0 Å². The normalized spacial score (nSPS) is 20.1. The van der Waals surface area contributed by atoms with E-state index < -0.39 is 11.7 Å². The van der Waals surface area contributed by atoms with Crippen molar-refractivity contribution in [3.63, 3.8) is 0 Å². The second-order valence-electron chi connectivity index (χ2n) is 5.79. The molecule has 1 N–H and O–H groups in total. The summed E-state index contributed by atoms with van der Waals surface area (Å²) in [7, 11) is 0. The average molecular weight is 301 g/mol. The molecule has 1 aliphatic heterocycles. The average Bonchev–Trinajstić information content (AvgIpc) is 2.53. The number of nitrogens with zero attached hydrogens (tertiary/aromatic N) is 1. The third-order valence-electron chi connectivity index (χ3n) is 4.24. The quantitative estimate of drug-likeness (QED) is 0.863. The van der Waals surface area contributed by atoms with Crippen molar-refractivity contribution in [2.24, 2.45) is 0 Å². The van der Waals surface area contributed by atoms with Crippen LogP contribution in [0.4, 0.5) is 0 Å². The van der Waals surface area contributed by atoms with E-state index in [4.69, 9.17) is 4.42 Å². The summed E-state index contributed by atoms with van der Waals surface area (Å²) in [5.41, 5.74) is -0.125. The SMILES string of the molecule is CC(O)C1CCCCN1C(=O)c1cc2ccccc2oc1=O. The number of fused-ring (bicyclic) bond motifs is 1. The molecule has 0 spiro atoms. The van der Waals surface area contributed by atoms with Crippen molar-refractivity contribution < 1.29 is 14.3 Å². The van der Waals surface area contributed by atoms with E-state index in [2.05, 4.69) is 0 Å². The summed E-state index contributed by atoms with van der Waals surface area (Å²) in [6, 6.07) is 8.45. The molecule has 2 aromatic rings. The minimum absolute atomic E-state index is 0.0336. The lowest BCUT2D eigenvalue weighted by molar-refractivity contribution is 0.0278. The summed E-state index contributed by atoms with van der Waals surface area (Å²) in [5.74, 6) is -0.356. The van der Waals surface area contributed by atoms with Gasteiger partial charge < -0.3 is 14.4 Å². The molecule has 1 aromatic heterocycles. The number of hydrogen-bond acceptors (Lipinski definition) is 4. The van der Waals surface area contributed by atoms with Gasteiger partial charge in [-0.25, -0.2) is 4.79 Å². The summed E-state index contributed by atoms with van der Waals surface area (Å²) in [6.45, 7) is 2.24. The summed E-state index contributed by atoms with van der Waals surface area (Å²) in [5, 5.41) is 10.6. The molecule has 2 unspecified atom stereocenters. The molecule has 1 fully saturated rings. The van der Waals surface area contributed by atoms with Crippen LogP contribution in [-0.2, 0) is 0 Å². The van der Waals surface area contributed by atoms with Crippen molar-refractivity contribution in [1.82, 2.24) is 4.90 Å². The van der Waals surface area contributed by atoms with Crippen molar-refractivity contribution in [2.45, 2.75) is 38.3 Å². The molecule has 5 heteroatoms. The molecule has 0 bridgehead atoms. The maximum atomic E-state index is 12.7. The Bertz CT molecular complexity index is 750. The Morgan fingerprint density at radius 1 is 1.36 bits per heavy atom. The van der Waals surface area contributed by atoms with Crippen LogP contribution in [0.2, 0.25) is 0 Å². The molecule has 1 aliphatic rings. The number of carbonyl (C=O) groups excluding carboxylic acids is 1. The van der Waals surface area contributed by atoms with E-state index in [9.17, 15) is 14.7 Å². The second kappa shape index (κ2) is 5.93. The standard InChI is InChI=1S/C17H19NO4/c1-11(19)14-7-4-5-9-18(14)16(20)13-10-12-6-2-3-8-15(12)22-17(13)21/h2-3,6,8,10-11,14,19H,4-5,7,9H2,1H3. The zero-order chi connectivity index (χ0) is 15.7. The Kier molecular flexibility index (Phi) is 3.98. The molecule has 0 radical (unpaired) electrons. The number of para-hydroxylation sites is 1. The van der Waals surface area contributed by atoms with Gasteiger partial charge in [0.15, 0.2) is 0 Å². The fourth-order valence-electron chi connectivity index (χ4n) is 3.08. The van der Waals surface area contributed by atoms with E-state index in [-0.39, 0.29) is 17.5 Å². The van der Waals surface area contributed by atoms with Crippen molar-refractivity contribution in [1.29, 1.82) is 0 Å². The fourth-order valence-corrected chi connectivity index (χ4v) is 3.08. The Morgan fingerprint density at radius 2 is 2.14 bits per heavy atom. The van der Waals surface area contributed by atoms with Gasteiger partial charge in [0.05, 0.1) is 12.1 Å². The number of benzene rings is 1. The number of carbonyl (C=O) groups is 1. The topological polar surface area (TPSA) is 70.8 Å². The molecular weight excluding hydrogens is 282 g/mol. The third-order valence-corrected chi connectivity index (χ3v) is 4.24. The first-order valence-electron chi connectivity index (χ1n) is 7.60. The first-order chi connectivity index (χ1) is 10.6. The zero-order valence-electron chi connectivity index (χ0n) is 12.5. The monoisotopic (exact) mass is 301 g/mol. The maximum Gasteiger partial charge on any atom is 0.349 e. The molecule has 5 nitrogen and oxygen atoms in total. The molecule has 0 aliphatic carbocycles. The highest BCUT2D eigenvalue weighted by molar-refractivity contribution is 5.96. The van der Waals surface area contributed by atoms with Crippen LogP contribution in [0.25, 0.3) is 11.0 Å². The zero-order valence-corrected chi connectivity index (χ0v) is 12.5. The number of piperidine rings is 1. The van der Waals surface area contributed by atoms with Crippen LogP contribution in [0.15, 0.2) is 39.5 Å². The lowest BCUT2D eigenvalue weighted by atomic mass is 9.97. The van der Waals surface area contributed by atoms with Gasteiger partial charge in [-0.3, -0.25) is 4.79 Å². The highest BCUT2D eigenvalue weighted by Crippen LogP contribution is 2.22. The van der Waals surface area contributed by atoms with Crippen LogP contribution in [0, 0.1) is 0 Å². The van der Waals surface area contributed by atoms with Crippen LogP contribution in [-0.4, -0.2) is 34.6 Å². The Morgan fingerprint density at radius 3 is 2.91 bits per heavy atom. The Labute approximate surface area is 128 Å². The van der Waals surface area contributed by atoms with Gasteiger partial charge in [0.2, 0.25) is 0 Å². The molecular formula is C17H19NO4. The highest BCUT2D eigenvalue weighted by Gasteiger charge is 2.32. The molecule has 3 rings (SSSR count). The largest absolute Gasteiger partial charge is 0.422 e. The first-order valence-corrected chi connectivity index (χ1v) is 7.60. The highest BCUT2D eigenvalue weighted by atomic mass is 16.4. The van der Waals surface area contributed by atoms with E-state index >= 15 is 0 Å². The number of likely N-dealkylation sites (tertiary alicyclic amines) is 1. The third kappa shape index (κ3) is 2.64. The predicted molar refractivity (Wildman–Crippen MR) is 82.8 cm³/mol. The Hall–Kier alpha value is -2.14. The second-order valence-corrected chi connectivity index (χ2v) is 5.79. The van der Waals surface area contributed by atoms with Crippen molar-refractivity contribution >= 4 is 16.9 Å². The summed E-state index contributed by atoms with van der Waals surface area (Å²) < 4.78 is 5.23. The summed E-state index contributed by atoms with van der Waals surface area (Å²) >= 11 is 0. The van der Waals surface area contributed by atoms with Gasteiger partial charge in [0, 0.05) is 11.9 Å². The minimum atomic E-state index is -0.626. The van der Waals surface area contributed by atoms with Crippen molar-refractivity contribution in [3.8, 4) is 0 Å². The van der Waals surface area contributed by atoms with E-state index in [0.29, 0.717) is 12.1 Å². The van der Waals surface area contributed by atoms with E-state index in [1.807, 2.05) is 6.07 Å². The van der Waals surface area contributed by atoms with Gasteiger partial charge >= 0.3 is 5.63 Å². The predicted octanol–water partition coefficient (Wildman–Crippen LogP) is 2.17. The molecule has 1 amide bonds. The lowest BCUT2D eigenvalue weighted by Gasteiger charge is -2.37. The maximum absolute atomic E-state index is 12.7. The van der Waals surface area contributed by atoms with Crippen molar-refractivity contribution in [3.05, 3.63) is 46.3 Å². The van der Waals surface area contributed by atoms with Gasteiger partial charge in [-0.15, -0.1) is 0 Å². The van der Waals surface area contributed by atoms with Crippen LogP contribution >= 0.6 is 0 Å². The smallest absolute Gasteiger partial charge is 0.349 e. The van der Waals surface area contributed by atoms with Gasteiger partial charge in [-0.1, -0.05) is 18.2 Å². The number of aliphatic hydroxyl groups excluding tert-OH is 1. The molecule has 22 heavy (non-hydrogen) atoms. The van der Waals surface area contributed by atoms with E-state index in [1.165, 1.54) is 0 Å². The summed E-state index contributed by atoms with van der Waals surface area (Å²) in [6.07, 6.45) is 2.00. The Balaban J connectivity index is 2.00. The molecule has 1 saturated heterocycles. The van der Waals surface area contributed by atoms with Crippen LogP contribution in [0.1, 0.15) is 36.5 Å². The van der Waals surface area contributed by atoms with Gasteiger partial charge in [-0.05, 0) is 38.3 Å². The number of aliphatic hydroxyl groups is 1. The van der Waals surface area contributed by atoms with Crippen LogP contribution < -0.4 is 5.63 Å². The van der Waals surface area contributed by atoms with Crippen LogP contribution in [0.3, 0.4) is 0 Å². The van der Waals surface area contributed by atoms with Gasteiger partial charge in [-0.2, -0.15) is 0 Å². The molecule has 2 heterocycles. The minimum Gasteiger partial charge on any atom is -0.422 e. The molecule has 0 saturated carbocycles. The van der Waals surface area contributed by atoms with Gasteiger partial charge in [0.25, 0.3) is 5.91 Å². The lowest BCUT2D eigenvalue weighted by Crippen LogP contribution is -2.49. The van der Waals surface area contributed by atoms with Crippen molar-refractivity contribution in [2.75, 3.05) is 6.54 Å². The van der Waals surface area contributed by atoms with E-state index in [1.54, 1.807) is 36.1 Å². The molecule has 1 aromatic carbocycles. The van der Waals surface area contributed by atoms with E-state index in [0.717, 1.165) is 24.6 Å². The number of rotatable bonds is 2. The fraction of sp³-hybridized carbons (Fsp3) is 0.412. The first kappa shape index (κ1) is 14.8. The van der Waals surface area contributed by atoms with Gasteiger partial charge in [0.1, 0.15) is 11.1 Å². The molecule has 116 valence electrons.